The van der Waals surface area contributed by atoms with Crippen molar-refractivity contribution < 1.29 is 19.1 Å². The fraction of sp³-hybridized carbons (Fsp3) is 0.200. The minimum atomic E-state index is -1.07. The lowest BCUT2D eigenvalue weighted by Gasteiger charge is -2.20. The van der Waals surface area contributed by atoms with Crippen LogP contribution < -0.4 is 4.90 Å². The van der Waals surface area contributed by atoms with E-state index >= 15 is 0 Å². The topological polar surface area (TPSA) is 70.8 Å². The number of aliphatic carboxylic acids is 1. The minimum absolute atomic E-state index is 0.382. The van der Waals surface area contributed by atoms with Gasteiger partial charge in [0.25, 0.3) is 5.91 Å². The van der Waals surface area contributed by atoms with E-state index in [0.717, 1.165) is 0 Å². The van der Waals surface area contributed by atoms with Crippen LogP contribution in [-0.2, 0) is 4.79 Å². The summed E-state index contributed by atoms with van der Waals surface area (Å²) >= 11 is 0. The second kappa shape index (κ2) is 5.61. The van der Waals surface area contributed by atoms with Gasteiger partial charge in [-0.2, -0.15) is 0 Å². The number of carbonyl (C=O) groups is 2. The predicted octanol–water partition coefficient (Wildman–Crippen LogP) is 2.63. The molecule has 1 aromatic heterocycles. The monoisotopic (exact) mass is 273 g/mol. The van der Waals surface area contributed by atoms with Crippen molar-refractivity contribution in [2.45, 2.75) is 13.8 Å². The van der Waals surface area contributed by atoms with Crippen LogP contribution in [0.25, 0.3) is 0 Å². The van der Waals surface area contributed by atoms with Gasteiger partial charge in [0.1, 0.15) is 18.1 Å². The van der Waals surface area contributed by atoms with E-state index in [2.05, 4.69) is 0 Å². The van der Waals surface area contributed by atoms with Crippen LogP contribution in [0.5, 0.6) is 0 Å². The molecule has 5 heteroatoms. The summed E-state index contributed by atoms with van der Waals surface area (Å²) in [5.74, 6) is -0.346. The molecule has 1 aromatic carbocycles. The molecule has 0 radical (unpaired) electrons. The van der Waals surface area contributed by atoms with Gasteiger partial charge in [-0.05, 0) is 32.0 Å². The van der Waals surface area contributed by atoms with Crippen LogP contribution in [0.15, 0.2) is 40.8 Å². The van der Waals surface area contributed by atoms with Gasteiger partial charge in [0.2, 0.25) is 0 Å². The Labute approximate surface area is 116 Å². The third kappa shape index (κ3) is 2.88. The van der Waals surface area contributed by atoms with Crippen LogP contribution in [0.2, 0.25) is 0 Å². The molecule has 5 nitrogen and oxygen atoms in total. The number of anilines is 1. The summed E-state index contributed by atoms with van der Waals surface area (Å²) < 4.78 is 5.33. The Hall–Kier alpha value is -2.56. The minimum Gasteiger partial charge on any atom is -0.480 e. The first-order valence-corrected chi connectivity index (χ1v) is 6.15. The summed E-state index contributed by atoms with van der Waals surface area (Å²) in [7, 11) is 0. The lowest BCUT2D eigenvalue weighted by Crippen LogP contribution is -2.35. The quantitative estimate of drug-likeness (QED) is 0.929. The molecule has 1 heterocycles. The van der Waals surface area contributed by atoms with E-state index in [4.69, 9.17) is 9.52 Å². The Balaban J connectivity index is 2.39. The molecule has 0 atom stereocenters. The van der Waals surface area contributed by atoms with Gasteiger partial charge in [-0.3, -0.25) is 14.5 Å². The van der Waals surface area contributed by atoms with E-state index < -0.39 is 12.5 Å². The van der Waals surface area contributed by atoms with Gasteiger partial charge in [-0.1, -0.05) is 18.2 Å². The zero-order valence-corrected chi connectivity index (χ0v) is 11.3. The summed E-state index contributed by atoms with van der Waals surface area (Å²) in [6.45, 7) is 3.03. The van der Waals surface area contributed by atoms with E-state index in [0.29, 0.717) is 22.8 Å². The molecule has 1 N–H and O–H groups in total. The van der Waals surface area contributed by atoms with Crippen molar-refractivity contribution in [1.82, 2.24) is 0 Å². The molecule has 1 amide bonds. The van der Waals surface area contributed by atoms with Gasteiger partial charge in [0.05, 0.1) is 5.56 Å². The third-order valence-electron chi connectivity index (χ3n) is 2.88. The van der Waals surface area contributed by atoms with Crippen LogP contribution in [0, 0.1) is 13.8 Å². The summed E-state index contributed by atoms with van der Waals surface area (Å²) in [6.07, 6.45) is 0. The Morgan fingerprint density at radius 3 is 2.35 bits per heavy atom. The van der Waals surface area contributed by atoms with Crippen molar-refractivity contribution in [3.8, 4) is 0 Å². The average Bonchev–Trinajstić information content (AvgIpc) is 2.75. The molecule has 20 heavy (non-hydrogen) atoms. The molecule has 0 aliphatic heterocycles. The number of amides is 1. The molecule has 0 spiro atoms. The van der Waals surface area contributed by atoms with Crippen molar-refractivity contribution in [2.24, 2.45) is 0 Å². The molecular weight excluding hydrogens is 258 g/mol. The Morgan fingerprint density at radius 2 is 1.85 bits per heavy atom. The molecule has 0 saturated carbocycles. The van der Waals surface area contributed by atoms with E-state index in [9.17, 15) is 9.59 Å². The van der Waals surface area contributed by atoms with Crippen molar-refractivity contribution in [3.63, 3.8) is 0 Å². The third-order valence-corrected chi connectivity index (χ3v) is 2.88. The van der Waals surface area contributed by atoms with Crippen LogP contribution >= 0.6 is 0 Å². The van der Waals surface area contributed by atoms with Gasteiger partial charge >= 0.3 is 5.97 Å². The number of carboxylic acids is 1. The summed E-state index contributed by atoms with van der Waals surface area (Å²) in [4.78, 5) is 24.7. The Kier molecular flexibility index (Phi) is 3.89. The lowest BCUT2D eigenvalue weighted by atomic mass is 10.2. The molecule has 0 saturated heterocycles. The summed E-state index contributed by atoms with van der Waals surface area (Å²) in [5.41, 5.74) is 0.922. The van der Waals surface area contributed by atoms with Crippen molar-refractivity contribution >= 4 is 17.6 Å². The molecule has 0 unspecified atom stereocenters. The normalized spacial score (nSPS) is 10.3. The number of furan rings is 1. The number of rotatable bonds is 4. The first kappa shape index (κ1) is 13.9. The van der Waals surface area contributed by atoms with Crippen LogP contribution in [0.4, 0.5) is 5.69 Å². The number of benzene rings is 1. The number of carbonyl (C=O) groups excluding carboxylic acids is 1. The number of carboxylic acid groups (broad SMARTS) is 1. The largest absolute Gasteiger partial charge is 0.480 e. The average molecular weight is 273 g/mol. The van der Waals surface area contributed by atoms with Crippen molar-refractivity contribution in [2.75, 3.05) is 11.4 Å². The maximum Gasteiger partial charge on any atom is 0.323 e. The fourth-order valence-corrected chi connectivity index (χ4v) is 2.01. The molecular formula is C15H15NO4. The van der Waals surface area contributed by atoms with E-state index in [1.165, 1.54) is 4.90 Å². The van der Waals surface area contributed by atoms with Crippen LogP contribution in [-0.4, -0.2) is 23.5 Å². The summed E-state index contributed by atoms with van der Waals surface area (Å²) in [5, 5.41) is 9.00. The van der Waals surface area contributed by atoms with Gasteiger partial charge in [0, 0.05) is 5.69 Å². The van der Waals surface area contributed by atoms with E-state index in [-0.39, 0.29) is 5.91 Å². The zero-order chi connectivity index (χ0) is 14.7. The first-order chi connectivity index (χ1) is 9.49. The van der Waals surface area contributed by atoms with E-state index in [1.807, 2.05) is 0 Å². The van der Waals surface area contributed by atoms with Gasteiger partial charge in [0.15, 0.2) is 0 Å². The number of hydrogen-bond donors (Lipinski definition) is 1. The highest BCUT2D eigenvalue weighted by molar-refractivity contribution is 6.08. The van der Waals surface area contributed by atoms with Gasteiger partial charge in [-0.15, -0.1) is 0 Å². The van der Waals surface area contributed by atoms with Gasteiger partial charge in [-0.25, -0.2) is 0 Å². The number of para-hydroxylation sites is 1. The standard InChI is InChI=1S/C15H15NO4/c1-10-8-13(11(2)20-10)15(19)16(9-14(17)18)12-6-4-3-5-7-12/h3-8H,9H2,1-2H3,(H,17,18). The summed E-state index contributed by atoms with van der Waals surface area (Å²) in [6, 6.07) is 10.3. The number of nitrogens with zero attached hydrogens (tertiary/aromatic N) is 1. The molecule has 0 fully saturated rings. The highest BCUT2D eigenvalue weighted by Gasteiger charge is 2.23. The second-order valence-corrected chi connectivity index (χ2v) is 4.45. The van der Waals surface area contributed by atoms with E-state index in [1.54, 1.807) is 50.2 Å². The highest BCUT2D eigenvalue weighted by atomic mass is 16.4. The lowest BCUT2D eigenvalue weighted by molar-refractivity contribution is -0.135. The second-order valence-electron chi connectivity index (χ2n) is 4.45. The molecule has 0 aliphatic rings. The van der Waals surface area contributed by atoms with Crippen molar-refractivity contribution in [3.05, 3.63) is 53.5 Å². The van der Waals surface area contributed by atoms with Gasteiger partial charge < -0.3 is 9.52 Å². The Bertz CT molecular complexity index is 631. The fourth-order valence-electron chi connectivity index (χ4n) is 2.01. The molecule has 2 aromatic rings. The molecule has 0 bridgehead atoms. The molecule has 104 valence electrons. The maximum atomic E-state index is 12.5. The van der Waals surface area contributed by atoms with Crippen LogP contribution in [0.1, 0.15) is 21.9 Å². The number of hydrogen-bond acceptors (Lipinski definition) is 3. The SMILES string of the molecule is Cc1cc(C(=O)N(CC(=O)O)c2ccccc2)c(C)o1. The number of aryl methyl sites for hydroxylation is 2. The molecule has 2 rings (SSSR count). The maximum absolute atomic E-state index is 12.5. The Morgan fingerprint density at radius 1 is 1.20 bits per heavy atom. The first-order valence-electron chi connectivity index (χ1n) is 6.15. The zero-order valence-electron chi connectivity index (χ0n) is 11.3. The van der Waals surface area contributed by atoms with Crippen LogP contribution in [0.3, 0.4) is 0 Å². The molecule has 0 aliphatic carbocycles. The highest BCUT2D eigenvalue weighted by Crippen LogP contribution is 2.20. The smallest absolute Gasteiger partial charge is 0.323 e. The predicted molar refractivity (Wildman–Crippen MR) is 73.9 cm³/mol. The van der Waals surface area contributed by atoms with Crippen molar-refractivity contribution in [1.29, 1.82) is 0 Å².